The van der Waals surface area contributed by atoms with Gasteiger partial charge < -0.3 is 15.4 Å². The molecule has 0 atom stereocenters. The highest BCUT2D eigenvalue weighted by molar-refractivity contribution is 6.07. The van der Waals surface area contributed by atoms with E-state index in [1.807, 2.05) is 0 Å². The first-order valence-electron chi connectivity index (χ1n) is 8.38. The molecule has 0 unspecified atom stereocenters. The molecule has 2 aromatic rings. The Morgan fingerprint density at radius 1 is 1.19 bits per heavy atom. The van der Waals surface area contributed by atoms with Gasteiger partial charge in [0, 0.05) is 23.5 Å². The Morgan fingerprint density at radius 3 is 2.56 bits per heavy atom. The van der Waals surface area contributed by atoms with E-state index in [1.165, 1.54) is 37.6 Å². The van der Waals surface area contributed by atoms with Crippen molar-refractivity contribution < 1.29 is 18.3 Å². The molecule has 0 aliphatic heterocycles. The first-order valence-corrected chi connectivity index (χ1v) is 8.38. The highest BCUT2D eigenvalue weighted by Crippen LogP contribution is 2.49. The zero-order chi connectivity index (χ0) is 19.4. The van der Waals surface area contributed by atoms with Gasteiger partial charge in [0.05, 0.1) is 12.5 Å². The summed E-state index contributed by atoms with van der Waals surface area (Å²) >= 11 is 0. The number of anilines is 1. The van der Waals surface area contributed by atoms with Gasteiger partial charge in [0.15, 0.2) is 11.6 Å². The van der Waals surface area contributed by atoms with Gasteiger partial charge in [0.2, 0.25) is 5.91 Å². The van der Waals surface area contributed by atoms with Crippen LogP contribution in [0.5, 0.6) is 5.75 Å². The first-order chi connectivity index (χ1) is 13.0. The van der Waals surface area contributed by atoms with Crippen LogP contribution < -0.4 is 15.4 Å². The quantitative estimate of drug-likeness (QED) is 0.535. The molecule has 0 radical (unpaired) electrons. The minimum absolute atomic E-state index is 0.132. The van der Waals surface area contributed by atoms with Gasteiger partial charge >= 0.3 is 0 Å². The van der Waals surface area contributed by atoms with E-state index in [9.17, 15) is 13.6 Å². The smallest absolute Gasteiger partial charge is 0.236 e. The van der Waals surface area contributed by atoms with Crippen molar-refractivity contribution >= 4 is 17.4 Å². The van der Waals surface area contributed by atoms with Crippen molar-refractivity contribution in [2.24, 2.45) is 0 Å². The van der Waals surface area contributed by atoms with Crippen LogP contribution >= 0.6 is 0 Å². The number of benzene rings is 2. The molecule has 1 aliphatic rings. The minimum atomic E-state index is -0.905. The van der Waals surface area contributed by atoms with Crippen molar-refractivity contribution in [3.63, 3.8) is 0 Å². The highest BCUT2D eigenvalue weighted by Gasteiger charge is 2.52. The zero-order valence-electron chi connectivity index (χ0n) is 14.7. The summed E-state index contributed by atoms with van der Waals surface area (Å²) in [6, 6.07) is 10.5. The molecule has 0 saturated heterocycles. The van der Waals surface area contributed by atoms with Gasteiger partial charge in [-0.2, -0.15) is 0 Å². The van der Waals surface area contributed by atoms with Crippen molar-refractivity contribution in [3.8, 4) is 5.75 Å². The molecule has 1 amide bonds. The van der Waals surface area contributed by atoms with Crippen molar-refractivity contribution in [1.82, 2.24) is 5.32 Å². The Hall–Kier alpha value is -3.22. The van der Waals surface area contributed by atoms with Gasteiger partial charge in [-0.15, -0.1) is 0 Å². The van der Waals surface area contributed by atoms with E-state index in [-0.39, 0.29) is 11.6 Å². The van der Waals surface area contributed by atoms with Gasteiger partial charge in [0.25, 0.3) is 0 Å². The lowest BCUT2D eigenvalue weighted by atomic mass is 9.94. The summed E-state index contributed by atoms with van der Waals surface area (Å²) in [6.45, 7) is 0. The summed E-state index contributed by atoms with van der Waals surface area (Å²) in [5.41, 5.74) is -0.0855. The van der Waals surface area contributed by atoms with Crippen LogP contribution in [-0.2, 0) is 10.2 Å². The van der Waals surface area contributed by atoms with E-state index in [1.54, 1.807) is 24.3 Å². The van der Waals surface area contributed by atoms with E-state index in [2.05, 4.69) is 10.6 Å². The lowest BCUT2D eigenvalue weighted by Gasteiger charge is -2.16. The van der Waals surface area contributed by atoms with E-state index >= 15 is 0 Å². The van der Waals surface area contributed by atoms with Crippen LogP contribution in [0.3, 0.4) is 0 Å². The molecule has 2 aromatic carbocycles. The molecule has 5 nitrogen and oxygen atoms in total. The number of nitrogens with one attached hydrogen (secondary N) is 3. The van der Waals surface area contributed by atoms with Crippen LogP contribution in [0.2, 0.25) is 0 Å². The monoisotopic (exact) mass is 371 g/mol. The summed E-state index contributed by atoms with van der Waals surface area (Å²) < 4.78 is 32.5. The maximum absolute atomic E-state index is 14.0. The lowest BCUT2D eigenvalue weighted by molar-refractivity contribution is -0.122. The second-order valence-electron chi connectivity index (χ2n) is 6.26. The standard InChI is InChI=1S/C20H19F2N3O2/c1-27-17-7-6-13(12-16(17)22)24-11-8-18(23)25-19(26)20(9-10-20)14-4-2-3-5-15(14)21/h2-8,11-12,24H,9-10H2,1H3,(H2,23,25,26)/b11-8-. The van der Waals surface area contributed by atoms with Crippen LogP contribution in [0, 0.1) is 17.0 Å². The molecule has 0 aromatic heterocycles. The Balaban J connectivity index is 1.59. The summed E-state index contributed by atoms with van der Waals surface area (Å²) in [7, 11) is 1.38. The molecule has 3 N–H and O–H groups in total. The van der Waals surface area contributed by atoms with Gasteiger partial charge in [-0.1, -0.05) is 18.2 Å². The van der Waals surface area contributed by atoms with Gasteiger partial charge in [-0.3, -0.25) is 10.2 Å². The Kier molecular flexibility index (Phi) is 5.21. The fraction of sp³-hybridized carbons (Fsp3) is 0.200. The van der Waals surface area contributed by atoms with Gasteiger partial charge in [-0.25, -0.2) is 8.78 Å². The topological polar surface area (TPSA) is 74.2 Å². The number of ether oxygens (including phenoxy) is 1. The molecule has 7 heteroatoms. The number of amidine groups is 1. The maximum Gasteiger partial charge on any atom is 0.236 e. The molecule has 3 rings (SSSR count). The number of amides is 1. The van der Waals surface area contributed by atoms with E-state index in [4.69, 9.17) is 10.1 Å². The number of carbonyl (C=O) groups excluding carboxylic acids is 1. The molecule has 1 aliphatic carbocycles. The van der Waals surface area contributed by atoms with Gasteiger partial charge in [0.1, 0.15) is 11.7 Å². The number of halogens is 2. The average molecular weight is 371 g/mol. The normalized spacial score (nSPS) is 14.6. The molecular formula is C20H19F2N3O2. The molecule has 0 heterocycles. The number of methoxy groups -OCH3 is 1. The largest absolute Gasteiger partial charge is 0.494 e. The number of rotatable bonds is 6. The van der Waals surface area contributed by atoms with E-state index < -0.39 is 23.0 Å². The van der Waals surface area contributed by atoms with Gasteiger partial charge in [-0.05, 0) is 37.1 Å². The minimum Gasteiger partial charge on any atom is -0.494 e. The fourth-order valence-corrected chi connectivity index (χ4v) is 2.85. The second kappa shape index (κ2) is 7.57. The number of hydrogen-bond donors (Lipinski definition) is 3. The molecular weight excluding hydrogens is 352 g/mol. The van der Waals surface area contributed by atoms with Crippen molar-refractivity contribution in [3.05, 3.63) is 71.9 Å². The maximum atomic E-state index is 14.0. The lowest BCUT2D eigenvalue weighted by Crippen LogP contribution is -2.38. The first kappa shape index (κ1) is 18.6. The molecule has 140 valence electrons. The van der Waals surface area contributed by atoms with Crippen molar-refractivity contribution in [1.29, 1.82) is 5.41 Å². The Morgan fingerprint density at radius 2 is 1.93 bits per heavy atom. The number of carbonyl (C=O) groups is 1. The average Bonchev–Trinajstić information content (AvgIpc) is 3.44. The zero-order valence-corrected chi connectivity index (χ0v) is 14.7. The second-order valence-corrected chi connectivity index (χ2v) is 6.26. The van der Waals surface area contributed by atoms with E-state index in [0.29, 0.717) is 24.1 Å². The van der Waals surface area contributed by atoms with Crippen LogP contribution in [0.25, 0.3) is 0 Å². The SMILES string of the molecule is COc1ccc(N/C=C\C(=N)NC(=O)C2(c3ccccc3F)CC2)cc1F. The molecule has 1 fully saturated rings. The Bertz CT molecular complexity index is 908. The fourth-order valence-electron chi connectivity index (χ4n) is 2.85. The van der Waals surface area contributed by atoms with Crippen molar-refractivity contribution in [2.45, 2.75) is 18.3 Å². The van der Waals surface area contributed by atoms with E-state index in [0.717, 1.165) is 0 Å². The third kappa shape index (κ3) is 3.97. The molecule has 0 spiro atoms. The Labute approximate surface area is 155 Å². The number of hydrogen-bond acceptors (Lipinski definition) is 4. The highest BCUT2D eigenvalue weighted by atomic mass is 19.1. The predicted molar refractivity (Wildman–Crippen MR) is 98.9 cm³/mol. The van der Waals surface area contributed by atoms with Crippen LogP contribution in [0.4, 0.5) is 14.5 Å². The molecule has 1 saturated carbocycles. The van der Waals surface area contributed by atoms with Crippen LogP contribution in [0.15, 0.2) is 54.7 Å². The molecule has 0 bridgehead atoms. The summed E-state index contributed by atoms with van der Waals surface area (Å²) in [4.78, 5) is 12.5. The van der Waals surface area contributed by atoms with Crippen molar-refractivity contribution in [2.75, 3.05) is 12.4 Å². The van der Waals surface area contributed by atoms with Crippen LogP contribution in [-0.4, -0.2) is 18.9 Å². The third-order valence-corrected chi connectivity index (χ3v) is 4.47. The summed E-state index contributed by atoms with van der Waals surface area (Å²) in [5.74, 6) is -1.36. The molecule has 27 heavy (non-hydrogen) atoms. The van der Waals surface area contributed by atoms with Crippen LogP contribution in [0.1, 0.15) is 18.4 Å². The predicted octanol–water partition coefficient (Wildman–Crippen LogP) is 3.72. The summed E-state index contributed by atoms with van der Waals surface area (Å²) in [6.07, 6.45) is 3.82. The summed E-state index contributed by atoms with van der Waals surface area (Å²) in [5, 5.41) is 13.2. The third-order valence-electron chi connectivity index (χ3n) is 4.47.